The minimum absolute atomic E-state index is 0.805. The Labute approximate surface area is 95.2 Å². The van der Waals surface area contributed by atoms with E-state index < -0.39 is 0 Å². The number of halogens is 1. The average Bonchev–Trinajstić information content (AvgIpc) is 2.69. The number of hydrogen-bond donors (Lipinski definition) is 0. The van der Waals surface area contributed by atoms with E-state index in [1.54, 1.807) is 6.26 Å². The fourth-order valence-electron chi connectivity index (χ4n) is 1.22. The highest BCUT2D eigenvalue weighted by Crippen LogP contribution is 2.14. The first kappa shape index (κ1) is 12.0. The first-order valence-electron chi connectivity index (χ1n) is 5.09. The molecule has 0 saturated carbocycles. The Kier molecular flexibility index (Phi) is 7.06. The van der Waals surface area contributed by atoms with Crippen molar-refractivity contribution in [3.63, 3.8) is 0 Å². The molecule has 1 rings (SSSR count). The molecule has 14 heavy (non-hydrogen) atoms. The molecule has 1 aromatic heterocycles. The van der Waals surface area contributed by atoms with Gasteiger partial charge in [0.1, 0.15) is 5.76 Å². The predicted molar refractivity (Wildman–Crippen MR) is 64.1 cm³/mol. The molecule has 0 fully saturated rings. The van der Waals surface area contributed by atoms with Gasteiger partial charge in [-0.25, -0.2) is 0 Å². The van der Waals surface area contributed by atoms with Crippen molar-refractivity contribution in [1.29, 1.82) is 0 Å². The third-order valence-corrected chi connectivity index (χ3v) is 3.33. The Balaban J connectivity index is 1.85. The van der Waals surface area contributed by atoms with Crippen molar-refractivity contribution in [1.82, 2.24) is 0 Å². The molecule has 80 valence electrons. The van der Waals surface area contributed by atoms with Gasteiger partial charge in [-0.15, -0.1) is 11.6 Å². The van der Waals surface area contributed by atoms with Gasteiger partial charge >= 0.3 is 0 Å². The van der Waals surface area contributed by atoms with E-state index in [1.807, 2.05) is 23.9 Å². The molecule has 1 aromatic rings. The van der Waals surface area contributed by atoms with E-state index in [4.69, 9.17) is 16.0 Å². The highest BCUT2D eigenvalue weighted by Gasteiger charge is 1.95. The van der Waals surface area contributed by atoms with E-state index in [0.29, 0.717) is 0 Å². The smallest absolute Gasteiger partial charge is 0.113 e. The molecule has 0 amide bonds. The van der Waals surface area contributed by atoms with Crippen molar-refractivity contribution in [2.75, 3.05) is 11.6 Å². The van der Waals surface area contributed by atoms with Crippen LogP contribution in [0.4, 0.5) is 0 Å². The summed E-state index contributed by atoms with van der Waals surface area (Å²) < 4.78 is 5.24. The van der Waals surface area contributed by atoms with Crippen molar-refractivity contribution in [2.24, 2.45) is 0 Å². The minimum atomic E-state index is 0.805. The van der Waals surface area contributed by atoms with Crippen LogP contribution in [0.1, 0.15) is 31.4 Å². The number of hydrogen-bond acceptors (Lipinski definition) is 2. The lowest BCUT2D eigenvalue weighted by Gasteiger charge is -1.99. The molecule has 0 radical (unpaired) electrons. The maximum absolute atomic E-state index is 5.59. The second-order valence-electron chi connectivity index (χ2n) is 3.24. The van der Waals surface area contributed by atoms with Crippen molar-refractivity contribution in [3.05, 3.63) is 24.2 Å². The molecule has 3 heteroatoms. The second-order valence-corrected chi connectivity index (χ2v) is 4.72. The molecule has 0 saturated heterocycles. The van der Waals surface area contributed by atoms with Crippen molar-refractivity contribution < 1.29 is 4.42 Å². The summed E-state index contributed by atoms with van der Waals surface area (Å²) in [4.78, 5) is 0. The first-order valence-corrected chi connectivity index (χ1v) is 6.78. The van der Waals surface area contributed by atoms with Crippen LogP contribution in [0, 0.1) is 0 Å². The molecule has 0 aliphatic rings. The molecule has 0 aromatic carbocycles. The number of rotatable bonds is 8. The zero-order valence-electron chi connectivity index (χ0n) is 8.38. The molecule has 0 aliphatic heterocycles. The van der Waals surface area contributed by atoms with Crippen LogP contribution in [-0.4, -0.2) is 11.6 Å². The van der Waals surface area contributed by atoms with E-state index >= 15 is 0 Å². The largest absolute Gasteiger partial charge is 0.468 e. The number of furan rings is 1. The van der Waals surface area contributed by atoms with Crippen LogP contribution in [0.5, 0.6) is 0 Å². The summed E-state index contributed by atoms with van der Waals surface area (Å²) in [6, 6.07) is 3.97. The van der Waals surface area contributed by atoms with E-state index in [0.717, 1.165) is 23.8 Å². The summed E-state index contributed by atoms with van der Waals surface area (Å²) in [7, 11) is 0. The summed E-state index contributed by atoms with van der Waals surface area (Å²) >= 11 is 7.53. The van der Waals surface area contributed by atoms with Crippen LogP contribution in [0.25, 0.3) is 0 Å². The Morgan fingerprint density at radius 1 is 1.21 bits per heavy atom. The Hall–Kier alpha value is -0.0800. The maximum Gasteiger partial charge on any atom is 0.113 e. The van der Waals surface area contributed by atoms with Gasteiger partial charge in [0.05, 0.1) is 12.0 Å². The lowest BCUT2D eigenvalue weighted by atomic mass is 10.2. The second kappa shape index (κ2) is 8.25. The summed E-state index contributed by atoms with van der Waals surface area (Å²) in [6.45, 7) is 0. The van der Waals surface area contributed by atoms with E-state index in [2.05, 4.69) is 0 Å². The molecule has 0 aliphatic carbocycles. The van der Waals surface area contributed by atoms with Gasteiger partial charge in [-0.2, -0.15) is 11.8 Å². The Bertz CT molecular complexity index is 211. The number of alkyl halides is 1. The molecule has 1 nitrogen and oxygen atoms in total. The highest BCUT2D eigenvalue weighted by atomic mass is 35.5. The number of unbranched alkanes of at least 4 members (excludes halogenated alkanes) is 3. The van der Waals surface area contributed by atoms with Gasteiger partial charge in [0.25, 0.3) is 0 Å². The van der Waals surface area contributed by atoms with Crippen LogP contribution in [0.2, 0.25) is 0 Å². The highest BCUT2D eigenvalue weighted by molar-refractivity contribution is 7.98. The summed E-state index contributed by atoms with van der Waals surface area (Å²) in [6.07, 6.45) is 6.76. The standard InChI is InChI=1S/C11H17ClOS/c12-7-3-1-2-4-9-14-10-11-6-5-8-13-11/h5-6,8H,1-4,7,9-10H2. The van der Waals surface area contributed by atoms with Crippen LogP contribution in [-0.2, 0) is 5.75 Å². The van der Waals surface area contributed by atoms with Gasteiger partial charge in [-0.3, -0.25) is 0 Å². The molecule has 0 unspecified atom stereocenters. The molecule has 1 heterocycles. The zero-order chi connectivity index (χ0) is 10.1. The zero-order valence-corrected chi connectivity index (χ0v) is 9.95. The molecule has 0 spiro atoms. The summed E-state index contributed by atoms with van der Waals surface area (Å²) in [5.74, 6) is 4.11. The van der Waals surface area contributed by atoms with Crippen molar-refractivity contribution >= 4 is 23.4 Å². The molecule has 0 atom stereocenters. The fraction of sp³-hybridized carbons (Fsp3) is 0.636. The maximum atomic E-state index is 5.59. The normalized spacial score (nSPS) is 10.6. The molecular weight excluding hydrogens is 216 g/mol. The lowest BCUT2D eigenvalue weighted by molar-refractivity contribution is 0.530. The third-order valence-electron chi connectivity index (χ3n) is 2.00. The van der Waals surface area contributed by atoms with E-state index in [1.165, 1.54) is 25.0 Å². The molecule has 0 bridgehead atoms. The Morgan fingerprint density at radius 2 is 2.07 bits per heavy atom. The van der Waals surface area contributed by atoms with Crippen molar-refractivity contribution in [2.45, 2.75) is 31.4 Å². The molecule has 0 N–H and O–H groups in total. The average molecular weight is 233 g/mol. The van der Waals surface area contributed by atoms with E-state index in [9.17, 15) is 0 Å². The SMILES string of the molecule is ClCCCCCCSCc1ccco1. The summed E-state index contributed by atoms with van der Waals surface area (Å²) in [5, 5.41) is 0. The Morgan fingerprint density at radius 3 is 2.79 bits per heavy atom. The number of thioether (sulfide) groups is 1. The van der Waals surface area contributed by atoms with Gasteiger partial charge in [-0.1, -0.05) is 12.8 Å². The molecular formula is C11H17ClOS. The van der Waals surface area contributed by atoms with Gasteiger partial charge in [0.2, 0.25) is 0 Å². The fourth-order valence-corrected chi connectivity index (χ4v) is 2.33. The van der Waals surface area contributed by atoms with Gasteiger partial charge in [-0.05, 0) is 30.7 Å². The van der Waals surface area contributed by atoms with Crippen LogP contribution in [0.15, 0.2) is 22.8 Å². The topological polar surface area (TPSA) is 13.1 Å². The monoisotopic (exact) mass is 232 g/mol. The van der Waals surface area contributed by atoms with Gasteiger partial charge in [0.15, 0.2) is 0 Å². The van der Waals surface area contributed by atoms with Crippen molar-refractivity contribution in [3.8, 4) is 0 Å². The quantitative estimate of drug-likeness (QED) is 0.489. The predicted octanol–water partition coefficient (Wildman–Crippen LogP) is 4.31. The first-order chi connectivity index (χ1) is 6.93. The van der Waals surface area contributed by atoms with Crippen LogP contribution in [0.3, 0.4) is 0 Å². The third kappa shape index (κ3) is 5.61. The summed E-state index contributed by atoms with van der Waals surface area (Å²) in [5.41, 5.74) is 0. The van der Waals surface area contributed by atoms with E-state index in [-0.39, 0.29) is 0 Å². The van der Waals surface area contributed by atoms with Gasteiger partial charge in [0, 0.05) is 5.88 Å². The minimum Gasteiger partial charge on any atom is -0.468 e. The van der Waals surface area contributed by atoms with Gasteiger partial charge < -0.3 is 4.42 Å². The van der Waals surface area contributed by atoms with Crippen LogP contribution < -0.4 is 0 Å². The lowest BCUT2D eigenvalue weighted by Crippen LogP contribution is -1.84. The van der Waals surface area contributed by atoms with Crippen LogP contribution >= 0.6 is 23.4 Å².